The molecule has 16 heavy (non-hydrogen) atoms. The normalized spacial score (nSPS) is 16.1. The van der Waals surface area contributed by atoms with E-state index in [0.29, 0.717) is 24.6 Å². The minimum atomic E-state index is -2.96. The van der Waals surface area contributed by atoms with Crippen LogP contribution in [0.15, 0.2) is 0 Å². The lowest BCUT2D eigenvalue weighted by molar-refractivity contribution is -0.120. The predicted molar refractivity (Wildman–Crippen MR) is 62.9 cm³/mol. The van der Waals surface area contributed by atoms with Crippen LogP contribution in [0.5, 0.6) is 0 Å². The molecular weight excluding hydrogens is 228 g/mol. The number of carbonyl (C=O) groups is 1. The van der Waals surface area contributed by atoms with Crippen molar-refractivity contribution in [1.29, 1.82) is 0 Å². The molecule has 1 aliphatic carbocycles. The second-order valence-corrected chi connectivity index (χ2v) is 6.49. The fourth-order valence-electron chi connectivity index (χ4n) is 1.40. The zero-order valence-electron chi connectivity index (χ0n) is 9.66. The summed E-state index contributed by atoms with van der Waals surface area (Å²) in [7, 11) is -1.19. The number of amides is 1. The quantitative estimate of drug-likeness (QED) is 0.609. The Morgan fingerprint density at radius 3 is 2.56 bits per heavy atom. The fraction of sp³-hybridized carbons (Fsp3) is 0.900. The Morgan fingerprint density at radius 2 is 2.00 bits per heavy atom. The van der Waals surface area contributed by atoms with E-state index < -0.39 is 9.84 Å². The molecule has 2 N–H and O–H groups in total. The van der Waals surface area contributed by atoms with E-state index >= 15 is 0 Å². The first-order valence-electron chi connectivity index (χ1n) is 5.65. The zero-order chi connectivity index (χ0) is 12.0. The van der Waals surface area contributed by atoms with Crippen LogP contribution in [0.3, 0.4) is 0 Å². The summed E-state index contributed by atoms with van der Waals surface area (Å²) < 4.78 is 23.0. The van der Waals surface area contributed by atoms with Crippen molar-refractivity contribution in [2.45, 2.75) is 19.3 Å². The minimum Gasteiger partial charge on any atom is -0.355 e. The van der Waals surface area contributed by atoms with Gasteiger partial charge in [0, 0.05) is 19.5 Å². The first-order chi connectivity index (χ1) is 7.53. The molecule has 1 aliphatic rings. The Morgan fingerprint density at radius 1 is 1.31 bits per heavy atom. The molecule has 94 valence electrons. The van der Waals surface area contributed by atoms with Crippen LogP contribution in [-0.4, -0.2) is 46.0 Å². The van der Waals surface area contributed by atoms with Gasteiger partial charge in [0.25, 0.3) is 0 Å². The Labute approximate surface area is 96.9 Å². The molecule has 0 aromatic rings. The molecule has 1 fully saturated rings. The lowest BCUT2D eigenvalue weighted by atomic mass is 10.4. The van der Waals surface area contributed by atoms with Crippen molar-refractivity contribution in [3.05, 3.63) is 0 Å². The standard InChI is InChI=1S/C10H20N2O3S/c1-11-5-4-10(13)12-6-7-16(14,15)8-9-2-3-9/h9,11H,2-8H2,1H3,(H,12,13). The van der Waals surface area contributed by atoms with Crippen LogP contribution >= 0.6 is 0 Å². The van der Waals surface area contributed by atoms with Gasteiger partial charge in [-0.1, -0.05) is 0 Å². The highest BCUT2D eigenvalue weighted by Gasteiger charge is 2.27. The lowest BCUT2D eigenvalue weighted by Gasteiger charge is -2.05. The molecule has 1 rings (SSSR count). The van der Waals surface area contributed by atoms with Crippen LogP contribution in [0.1, 0.15) is 19.3 Å². The van der Waals surface area contributed by atoms with Crippen LogP contribution < -0.4 is 10.6 Å². The average molecular weight is 248 g/mol. The van der Waals surface area contributed by atoms with Gasteiger partial charge in [0.1, 0.15) is 0 Å². The van der Waals surface area contributed by atoms with Crippen molar-refractivity contribution in [1.82, 2.24) is 10.6 Å². The maximum atomic E-state index is 11.5. The Balaban J connectivity index is 2.11. The van der Waals surface area contributed by atoms with Gasteiger partial charge in [0.15, 0.2) is 9.84 Å². The molecule has 0 radical (unpaired) electrons. The maximum Gasteiger partial charge on any atom is 0.221 e. The van der Waals surface area contributed by atoms with Gasteiger partial charge in [-0.2, -0.15) is 0 Å². The highest BCUT2D eigenvalue weighted by molar-refractivity contribution is 7.91. The largest absolute Gasteiger partial charge is 0.355 e. The fourth-order valence-corrected chi connectivity index (χ4v) is 3.03. The Bertz CT molecular complexity index is 323. The van der Waals surface area contributed by atoms with E-state index in [1.54, 1.807) is 7.05 Å². The van der Waals surface area contributed by atoms with Crippen molar-refractivity contribution in [2.75, 3.05) is 31.6 Å². The average Bonchev–Trinajstić information content (AvgIpc) is 2.97. The maximum absolute atomic E-state index is 11.5. The summed E-state index contributed by atoms with van der Waals surface area (Å²) in [6.45, 7) is 0.845. The monoisotopic (exact) mass is 248 g/mol. The van der Waals surface area contributed by atoms with E-state index in [-0.39, 0.29) is 18.2 Å². The first-order valence-corrected chi connectivity index (χ1v) is 7.47. The second-order valence-electron chi connectivity index (χ2n) is 4.26. The topological polar surface area (TPSA) is 75.3 Å². The Kier molecular flexibility index (Phi) is 5.21. The third kappa shape index (κ3) is 6.07. The van der Waals surface area contributed by atoms with Crippen molar-refractivity contribution < 1.29 is 13.2 Å². The Hall–Kier alpha value is -0.620. The molecule has 5 nitrogen and oxygen atoms in total. The summed E-state index contributed by atoms with van der Waals surface area (Å²) in [4.78, 5) is 11.2. The van der Waals surface area contributed by atoms with Crippen molar-refractivity contribution in [3.63, 3.8) is 0 Å². The van der Waals surface area contributed by atoms with E-state index in [1.165, 1.54) is 0 Å². The molecule has 0 atom stereocenters. The van der Waals surface area contributed by atoms with Crippen LogP contribution in [0, 0.1) is 5.92 Å². The molecule has 0 unspecified atom stereocenters. The molecule has 0 bridgehead atoms. The number of hydrogen-bond donors (Lipinski definition) is 2. The third-order valence-electron chi connectivity index (χ3n) is 2.52. The summed E-state index contributed by atoms with van der Waals surface area (Å²) in [5.74, 6) is 0.634. The summed E-state index contributed by atoms with van der Waals surface area (Å²) in [5.41, 5.74) is 0. The number of hydrogen-bond acceptors (Lipinski definition) is 4. The molecule has 6 heteroatoms. The summed E-state index contributed by atoms with van der Waals surface area (Å²) in [6, 6.07) is 0. The van der Waals surface area contributed by atoms with Gasteiger partial charge in [0.05, 0.1) is 11.5 Å². The number of rotatable bonds is 8. The van der Waals surface area contributed by atoms with Crippen molar-refractivity contribution in [3.8, 4) is 0 Å². The zero-order valence-corrected chi connectivity index (χ0v) is 10.5. The molecule has 1 amide bonds. The minimum absolute atomic E-state index is 0.0643. The van der Waals surface area contributed by atoms with Crippen molar-refractivity contribution >= 4 is 15.7 Å². The van der Waals surface area contributed by atoms with E-state index in [1.807, 2.05) is 0 Å². The lowest BCUT2D eigenvalue weighted by Crippen LogP contribution is -2.31. The second kappa shape index (κ2) is 6.20. The van der Waals surface area contributed by atoms with Gasteiger partial charge in [0.2, 0.25) is 5.91 Å². The van der Waals surface area contributed by atoms with Crippen LogP contribution in [-0.2, 0) is 14.6 Å². The highest BCUT2D eigenvalue weighted by atomic mass is 32.2. The summed E-state index contributed by atoms with van der Waals surface area (Å²) in [5, 5.41) is 5.47. The summed E-state index contributed by atoms with van der Waals surface area (Å²) >= 11 is 0. The van der Waals surface area contributed by atoms with E-state index in [0.717, 1.165) is 12.8 Å². The van der Waals surface area contributed by atoms with Crippen LogP contribution in [0.25, 0.3) is 0 Å². The van der Waals surface area contributed by atoms with Gasteiger partial charge >= 0.3 is 0 Å². The van der Waals surface area contributed by atoms with Gasteiger partial charge in [-0.3, -0.25) is 4.79 Å². The van der Waals surface area contributed by atoms with Crippen LogP contribution in [0.2, 0.25) is 0 Å². The molecule has 0 spiro atoms. The molecule has 1 saturated carbocycles. The first kappa shape index (κ1) is 13.4. The molecule has 0 saturated heterocycles. The molecule has 0 aliphatic heterocycles. The van der Waals surface area contributed by atoms with Crippen molar-refractivity contribution in [2.24, 2.45) is 5.92 Å². The highest BCUT2D eigenvalue weighted by Crippen LogP contribution is 2.30. The summed E-state index contributed by atoms with van der Waals surface area (Å²) in [6.07, 6.45) is 2.46. The molecule has 0 aromatic heterocycles. The van der Waals surface area contributed by atoms with E-state index in [2.05, 4.69) is 10.6 Å². The number of sulfone groups is 1. The van der Waals surface area contributed by atoms with Gasteiger partial charge in [-0.25, -0.2) is 8.42 Å². The SMILES string of the molecule is CNCCC(=O)NCCS(=O)(=O)CC1CC1. The smallest absolute Gasteiger partial charge is 0.221 e. The van der Waals surface area contributed by atoms with Gasteiger partial charge in [-0.05, 0) is 25.8 Å². The number of nitrogens with one attached hydrogen (secondary N) is 2. The number of carbonyl (C=O) groups excluding carboxylic acids is 1. The molecule has 0 heterocycles. The van der Waals surface area contributed by atoms with E-state index in [9.17, 15) is 13.2 Å². The third-order valence-corrected chi connectivity index (χ3v) is 4.33. The molecule has 0 aromatic carbocycles. The molecular formula is C10H20N2O3S. The predicted octanol–water partition coefficient (Wildman–Crippen LogP) is -0.463. The van der Waals surface area contributed by atoms with Gasteiger partial charge < -0.3 is 10.6 Å². The van der Waals surface area contributed by atoms with Gasteiger partial charge in [-0.15, -0.1) is 0 Å². The van der Waals surface area contributed by atoms with Crippen LogP contribution in [0.4, 0.5) is 0 Å². The van der Waals surface area contributed by atoms with E-state index in [4.69, 9.17) is 0 Å².